The third kappa shape index (κ3) is 3.89. The standard InChI is InChI=1S/C21H13ClN4O4/c22-17-7-3-1-5-15(17)20(27)23-18-8-4-2-6-16(18)19-24-21(30-25-19)13-9-11-14(12-10-13)26(28)29/h1-12H,(H,23,27). The first kappa shape index (κ1) is 19.3. The number of nitro groups is 1. The van der Waals surface area contributed by atoms with Crippen LogP contribution in [0.15, 0.2) is 77.3 Å². The van der Waals surface area contributed by atoms with E-state index < -0.39 is 4.92 Å². The highest BCUT2D eigenvalue weighted by Gasteiger charge is 2.17. The zero-order valence-electron chi connectivity index (χ0n) is 15.3. The average molecular weight is 421 g/mol. The van der Waals surface area contributed by atoms with Crippen molar-refractivity contribution < 1.29 is 14.2 Å². The number of rotatable bonds is 5. The number of amides is 1. The van der Waals surface area contributed by atoms with Gasteiger partial charge in [0.25, 0.3) is 17.5 Å². The molecule has 0 aliphatic carbocycles. The van der Waals surface area contributed by atoms with Crippen LogP contribution >= 0.6 is 11.6 Å². The number of hydrogen-bond donors (Lipinski definition) is 1. The van der Waals surface area contributed by atoms with Gasteiger partial charge in [-0.3, -0.25) is 14.9 Å². The Bertz CT molecular complexity index is 1240. The number of carbonyl (C=O) groups excluding carboxylic acids is 1. The zero-order valence-corrected chi connectivity index (χ0v) is 16.0. The van der Waals surface area contributed by atoms with Gasteiger partial charge in [0.1, 0.15) is 0 Å². The van der Waals surface area contributed by atoms with Crippen molar-refractivity contribution in [2.75, 3.05) is 5.32 Å². The number of anilines is 1. The van der Waals surface area contributed by atoms with Crippen molar-refractivity contribution in [1.82, 2.24) is 10.1 Å². The molecule has 0 unspecified atom stereocenters. The molecule has 148 valence electrons. The van der Waals surface area contributed by atoms with E-state index in [2.05, 4.69) is 15.5 Å². The van der Waals surface area contributed by atoms with Crippen LogP contribution in [0, 0.1) is 10.1 Å². The van der Waals surface area contributed by atoms with Gasteiger partial charge < -0.3 is 9.84 Å². The molecule has 8 nitrogen and oxygen atoms in total. The molecule has 4 rings (SSSR count). The first-order valence-corrected chi connectivity index (χ1v) is 9.14. The first-order chi connectivity index (χ1) is 14.5. The van der Waals surface area contributed by atoms with Crippen molar-refractivity contribution in [3.8, 4) is 22.8 Å². The van der Waals surface area contributed by atoms with Gasteiger partial charge >= 0.3 is 0 Å². The maximum atomic E-state index is 12.6. The molecule has 0 bridgehead atoms. The Balaban J connectivity index is 1.62. The van der Waals surface area contributed by atoms with E-state index in [1.807, 2.05) is 0 Å². The third-order valence-corrected chi connectivity index (χ3v) is 4.62. The highest BCUT2D eigenvalue weighted by Crippen LogP contribution is 2.29. The lowest BCUT2D eigenvalue weighted by atomic mass is 10.1. The summed E-state index contributed by atoms with van der Waals surface area (Å²) in [5, 5.41) is 17.9. The molecule has 0 fully saturated rings. The molecule has 0 radical (unpaired) electrons. The molecule has 1 amide bonds. The molecule has 4 aromatic rings. The summed E-state index contributed by atoms with van der Waals surface area (Å²) in [6.45, 7) is 0. The summed E-state index contributed by atoms with van der Waals surface area (Å²) in [5.41, 5.74) is 1.88. The highest BCUT2D eigenvalue weighted by molar-refractivity contribution is 6.34. The van der Waals surface area contributed by atoms with Crippen LogP contribution in [0.4, 0.5) is 11.4 Å². The Morgan fingerprint density at radius 2 is 1.70 bits per heavy atom. The normalized spacial score (nSPS) is 10.6. The van der Waals surface area contributed by atoms with Crippen LogP contribution < -0.4 is 5.32 Å². The maximum Gasteiger partial charge on any atom is 0.269 e. The monoisotopic (exact) mass is 420 g/mol. The number of nitrogens with zero attached hydrogens (tertiary/aromatic N) is 3. The van der Waals surface area contributed by atoms with E-state index in [-0.39, 0.29) is 23.3 Å². The number of aromatic nitrogens is 2. The number of nitro benzene ring substituents is 1. The summed E-state index contributed by atoms with van der Waals surface area (Å²) >= 11 is 6.10. The molecule has 3 aromatic carbocycles. The van der Waals surface area contributed by atoms with E-state index in [1.165, 1.54) is 24.3 Å². The van der Waals surface area contributed by atoms with E-state index in [0.29, 0.717) is 27.4 Å². The first-order valence-electron chi connectivity index (χ1n) is 8.77. The second-order valence-electron chi connectivity index (χ2n) is 6.21. The van der Waals surface area contributed by atoms with Crippen molar-refractivity contribution in [2.45, 2.75) is 0 Å². The zero-order chi connectivity index (χ0) is 21.1. The second kappa shape index (κ2) is 8.14. The quantitative estimate of drug-likeness (QED) is 0.350. The fourth-order valence-corrected chi connectivity index (χ4v) is 3.02. The van der Waals surface area contributed by atoms with Crippen molar-refractivity contribution in [3.63, 3.8) is 0 Å². The SMILES string of the molecule is O=C(Nc1ccccc1-c1noc(-c2ccc([N+](=O)[O-])cc2)n1)c1ccccc1Cl. The van der Waals surface area contributed by atoms with Crippen molar-refractivity contribution >= 4 is 28.9 Å². The molecule has 0 spiro atoms. The van der Waals surface area contributed by atoms with Crippen molar-refractivity contribution in [3.05, 3.63) is 93.5 Å². The van der Waals surface area contributed by atoms with Crippen LogP contribution in [0.1, 0.15) is 10.4 Å². The smallest absolute Gasteiger partial charge is 0.269 e. The van der Waals surface area contributed by atoms with Gasteiger partial charge in [0, 0.05) is 23.3 Å². The number of benzene rings is 3. The molecule has 0 atom stereocenters. The predicted molar refractivity (Wildman–Crippen MR) is 111 cm³/mol. The van der Waals surface area contributed by atoms with E-state index in [1.54, 1.807) is 48.5 Å². The van der Waals surface area contributed by atoms with Gasteiger partial charge in [-0.2, -0.15) is 4.98 Å². The molecule has 1 heterocycles. The lowest BCUT2D eigenvalue weighted by Crippen LogP contribution is -2.13. The van der Waals surface area contributed by atoms with Crippen LogP contribution in [0.3, 0.4) is 0 Å². The average Bonchev–Trinajstić information content (AvgIpc) is 3.24. The van der Waals surface area contributed by atoms with Gasteiger partial charge in [0.2, 0.25) is 5.82 Å². The van der Waals surface area contributed by atoms with E-state index in [0.717, 1.165) is 0 Å². The summed E-state index contributed by atoms with van der Waals surface area (Å²) in [6, 6.07) is 19.5. The van der Waals surface area contributed by atoms with Crippen molar-refractivity contribution in [1.29, 1.82) is 0 Å². The Kier molecular flexibility index (Phi) is 5.23. The van der Waals surface area contributed by atoms with E-state index in [9.17, 15) is 14.9 Å². The number of para-hydroxylation sites is 1. The van der Waals surface area contributed by atoms with E-state index in [4.69, 9.17) is 16.1 Å². The van der Waals surface area contributed by atoms with Gasteiger partial charge in [-0.15, -0.1) is 0 Å². The second-order valence-corrected chi connectivity index (χ2v) is 6.61. The molecule has 1 aromatic heterocycles. The number of halogens is 1. The summed E-state index contributed by atoms with van der Waals surface area (Å²) in [4.78, 5) is 27.3. The minimum Gasteiger partial charge on any atom is -0.334 e. The van der Waals surface area contributed by atoms with Crippen LogP contribution in [-0.4, -0.2) is 21.0 Å². The van der Waals surface area contributed by atoms with Crippen LogP contribution in [-0.2, 0) is 0 Å². The summed E-state index contributed by atoms with van der Waals surface area (Å²) in [6.07, 6.45) is 0. The van der Waals surface area contributed by atoms with Gasteiger partial charge in [-0.1, -0.05) is 41.0 Å². The molecule has 30 heavy (non-hydrogen) atoms. The van der Waals surface area contributed by atoms with Gasteiger partial charge in [0.15, 0.2) is 0 Å². The molecule has 0 aliphatic heterocycles. The van der Waals surface area contributed by atoms with Crippen LogP contribution in [0.25, 0.3) is 22.8 Å². The fourth-order valence-electron chi connectivity index (χ4n) is 2.80. The number of non-ortho nitro benzene ring substituents is 1. The maximum absolute atomic E-state index is 12.6. The summed E-state index contributed by atoms with van der Waals surface area (Å²) in [7, 11) is 0. The van der Waals surface area contributed by atoms with Crippen LogP contribution in [0.2, 0.25) is 5.02 Å². The Morgan fingerprint density at radius 1 is 1.00 bits per heavy atom. The summed E-state index contributed by atoms with van der Waals surface area (Å²) in [5.74, 6) is 0.0951. The summed E-state index contributed by atoms with van der Waals surface area (Å²) < 4.78 is 5.30. The Morgan fingerprint density at radius 3 is 2.43 bits per heavy atom. The molecule has 0 saturated heterocycles. The number of nitrogens with one attached hydrogen (secondary N) is 1. The largest absolute Gasteiger partial charge is 0.334 e. The topological polar surface area (TPSA) is 111 Å². The number of carbonyl (C=O) groups is 1. The Labute approximate surface area is 175 Å². The molecule has 0 aliphatic rings. The number of hydrogen-bond acceptors (Lipinski definition) is 6. The lowest BCUT2D eigenvalue weighted by molar-refractivity contribution is -0.384. The molecular weight excluding hydrogens is 408 g/mol. The van der Waals surface area contributed by atoms with Gasteiger partial charge in [0.05, 0.1) is 21.2 Å². The van der Waals surface area contributed by atoms with Crippen molar-refractivity contribution in [2.24, 2.45) is 0 Å². The minimum atomic E-state index is -0.485. The lowest BCUT2D eigenvalue weighted by Gasteiger charge is -2.09. The third-order valence-electron chi connectivity index (χ3n) is 4.29. The molecular formula is C21H13ClN4O4. The van der Waals surface area contributed by atoms with Gasteiger partial charge in [-0.25, -0.2) is 0 Å². The highest BCUT2D eigenvalue weighted by atomic mass is 35.5. The molecule has 1 N–H and O–H groups in total. The predicted octanol–water partition coefficient (Wildman–Crippen LogP) is 5.22. The van der Waals surface area contributed by atoms with E-state index >= 15 is 0 Å². The van der Waals surface area contributed by atoms with Gasteiger partial charge in [-0.05, 0) is 36.4 Å². The molecule has 9 heteroatoms. The van der Waals surface area contributed by atoms with Crippen LogP contribution in [0.5, 0.6) is 0 Å². The minimum absolute atomic E-state index is 0.0360. The fraction of sp³-hybridized carbons (Fsp3) is 0. The molecule has 0 saturated carbocycles. The Hall–Kier alpha value is -4.04.